The van der Waals surface area contributed by atoms with E-state index in [0.717, 1.165) is 96.3 Å². The maximum Gasteiger partial charge on any atom is 0.306 e. The van der Waals surface area contributed by atoms with Gasteiger partial charge in [-0.25, -0.2) is 0 Å². The third-order valence-corrected chi connectivity index (χ3v) is 15.1. The molecule has 0 aliphatic carbocycles. The predicted octanol–water partition coefficient (Wildman–Crippen LogP) is 23.8. The van der Waals surface area contributed by atoms with Gasteiger partial charge in [0.25, 0.3) is 0 Å². The molecule has 1 atom stereocenters. The summed E-state index contributed by atoms with van der Waals surface area (Å²) in [6.45, 7) is 6.56. The average Bonchev–Trinajstić information content (AvgIpc) is 3.46. The molecule has 0 saturated heterocycles. The molecule has 0 aliphatic heterocycles. The molecule has 0 aromatic heterocycles. The van der Waals surface area contributed by atoms with Gasteiger partial charge in [-0.2, -0.15) is 0 Å². The van der Waals surface area contributed by atoms with Crippen molar-refractivity contribution in [3.05, 3.63) is 85.1 Å². The molecule has 0 N–H and O–H groups in total. The van der Waals surface area contributed by atoms with Crippen molar-refractivity contribution in [2.24, 2.45) is 0 Å². The molecule has 0 rings (SSSR count). The zero-order valence-electron chi connectivity index (χ0n) is 53.1. The molecule has 0 heterocycles. The molecule has 6 nitrogen and oxygen atoms in total. The van der Waals surface area contributed by atoms with E-state index >= 15 is 0 Å². The predicted molar refractivity (Wildman–Crippen MR) is 348 cm³/mol. The molecule has 462 valence electrons. The fourth-order valence-corrected chi connectivity index (χ4v) is 9.97. The number of unbranched alkanes of at least 4 members (excludes halogenated alkanes) is 38. The van der Waals surface area contributed by atoms with Crippen LogP contribution in [0.15, 0.2) is 85.1 Å². The van der Waals surface area contributed by atoms with E-state index in [2.05, 4.69) is 106 Å². The van der Waals surface area contributed by atoms with Gasteiger partial charge in [-0.3, -0.25) is 14.4 Å². The van der Waals surface area contributed by atoms with Gasteiger partial charge >= 0.3 is 17.9 Å². The fraction of sp³-hybridized carbons (Fsp3) is 0.770. The number of carbonyl (C=O) groups is 3. The molecule has 0 fully saturated rings. The van der Waals surface area contributed by atoms with Crippen LogP contribution in [0, 0.1) is 0 Å². The maximum absolute atomic E-state index is 12.9. The van der Waals surface area contributed by atoms with Gasteiger partial charge in [0.05, 0.1) is 0 Å². The van der Waals surface area contributed by atoms with E-state index in [0.29, 0.717) is 19.3 Å². The van der Waals surface area contributed by atoms with Crippen LogP contribution >= 0.6 is 0 Å². The van der Waals surface area contributed by atoms with Gasteiger partial charge < -0.3 is 14.2 Å². The summed E-state index contributed by atoms with van der Waals surface area (Å²) in [6.07, 6.45) is 90.2. The van der Waals surface area contributed by atoms with Crippen molar-refractivity contribution < 1.29 is 28.6 Å². The van der Waals surface area contributed by atoms with Crippen molar-refractivity contribution in [3.63, 3.8) is 0 Å². The Labute approximate surface area is 496 Å². The standard InChI is InChI=1S/C74H130O6/c1-4-7-10-13-16-19-22-25-28-30-32-33-34-35-36-37-38-39-40-41-43-44-46-49-52-55-58-61-64-67-73(76)79-70-71(69-78-72(75)66-63-60-57-54-51-48-27-24-21-18-15-12-9-6-3)80-74(77)68-65-62-59-56-53-50-47-45-42-31-29-26-23-20-17-14-11-8-5-2/h7,10,16,19,25-26,28-29,32-33,35-36,38-39,71H,4-6,8-9,11-15,17-18,20-24,27,30-31,34,37,40-70H2,1-3H3/b10-7-,19-16-,28-25-,29-26-,33-32-,36-35-,39-38-. The second-order valence-electron chi connectivity index (χ2n) is 23.1. The molecule has 0 saturated carbocycles. The monoisotopic (exact) mass is 1110 g/mol. The SMILES string of the molecule is CC/C=C\C/C=C\C/C=C\C/C=C\C/C=C\C/C=C\CCCCCCCCCCCCC(=O)OCC(COC(=O)CCCCCCCCCCCCCCCC)OC(=O)CCCCCCCCCCC/C=C\CCCCCCCC. The Bertz CT molecular complexity index is 1520. The highest BCUT2D eigenvalue weighted by Crippen LogP contribution is 2.17. The van der Waals surface area contributed by atoms with Gasteiger partial charge in [-0.05, 0) is 96.3 Å². The quantitative estimate of drug-likeness (QED) is 0.0261. The number of hydrogen-bond acceptors (Lipinski definition) is 6. The van der Waals surface area contributed by atoms with Crippen LogP contribution in [-0.2, 0) is 28.6 Å². The normalized spacial score (nSPS) is 12.6. The molecule has 0 aromatic rings. The van der Waals surface area contributed by atoms with E-state index in [1.54, 1.807) is 0 Å². The minimum Gasteiger partial charge on any atom is -0.462 e. The molecule has 0 bridgehead atoms. The molecule has 0 spiro atoms. The summed E-state index contributed by atoms with van der Waals surface area (Å²) in [5, 5.41) is 0. The highest BCUT2D eigenvalue weighted by Gasteiger charge is 2.19. The number of rotatable bonds is 63. The van der Waals surface area contributed by atoms with Crippen LogP contribution in [-0.4, -0.2) is 37.2 Å². The van der Waals surface area contributed by atoms with Crippen LogP contribution in [0.2, 0.25) is 0 Å². The second-order valence-corrected chi connectivity index (χ2v) is 23.1. The number of carbonyl (C=O) groups excluding carboxylic acids is 3. The van der Waals surface area contributed by atoms with Crippen molar-refractivity contribution in [2.45, 2.75) is 354 Å². The summed E-state index contributed by atoms with van der Waals surface area (Å²) < 4.78 is 17.0. The number of ether oxygens (including phenoxy) is 3. The van der Waals surface area contributed by atoms with Crippen LogP contribution in [0.5, 0.6) is 0 Å². The Hall–Kier alpha value is -3.41. The molecule has 0 aromatic carbocycles. The van der Waals surface area contributed by atoms with E-state index < -0.39 is 6.10 Å². The minimum atomic E-state index is -0.779. The third-order valence-electron chi connectivity index (χ3n) is 15.1. The lowest BCUT2D eigenvalue weighted by molar-refractivity contribution is -0.167. The molecule has 80 heavy (non-hydrogen) atoms. The summed E-state index contributed by atoms with van der Waals surface area (Å²) in [5.74, 6) is -0.862. The summed E-state index contributed by atoms with van der Waals surface area (Å²) >= 11 is 0. The van der Waals surface area contributed by atoms with Crippen LogP contribution in [0.3, 0.4) is 0 Å². The van der Waals surface area contributed by atoms with E-state index in [4.69, 9.17) is 14.2 Å². The second kappa shape index (κ2) is 68.1. The molecule has 1 unspecified atom stereocenters. The average molecular weight is 1120 g/mol. The Morgan fingerprint density at radius 2 is 0.487 bits per heavy atom. The first-order valence-electron chi connectivity index (χ1n) is 34.6. The highest BCUT2D eigenvalue weighted by molar-refractivity contribution is 5.71. The van der Waals surface area contributed by atoms with Crippen LogP contribution < -0.4 is 0 Å². The van der Waals surface area contributed by atoms with Crippen molar-refractivity contribution in [2.75, 3.05) is 13.2 Å². The number of allylic oxidation sites excluding steroid dienone is 14. The Balaban J connectivity index is 4.29. The number of hydrogen-bond donors (Lipinski definition) is 0. The summed E-state index contributed by atoms with van der Waals surface area (Å²) in [4.78, 5) is 38.4. The van der Waals surface area contributed by atoms with Crippen LogP contribution in [0.4, 0.5) is 0 Å². The van der Waals surface area contributed by atoms with Gasteiger partial charge in [0, 0.05) is 19.3 Å². The van der Waals surface area contributed by atoms with Crippen molar-refractivity contribution in [3.8, 4) is 0 Å². The molecule has 6 heteroatoms. The van der Waals surface area contributed by atoms with E-state index in [1.807, 2.05) is 0 Å². The van der Waals surface area contributed by atoms with E-state index in [9.17, 15) is 14.4 Å². The maximum atomic E-state index is 12.9. The first-order chi connectivity index (χ1) is 39.5. The van der Waals surface area contributed by atoms with Gasteiger partial charge in [0.2, 0.25) is 0 Å². The van der Waals surface area contributed by atoms with Crippen molar-refractivity contribution >= 4 is 17.9 Å². The van der Waals surface area contributed by atoms with Crippen molar-refractivity contribution in [1.82, 2.24) is 0 Å². The molecule has 0 amide bonds. The van der Waals surface area contributed by atoms with E-state index in [1.165, 1.54) is 212 Å². The Morgan fingerprint density at radius 3 is 0.775 bits per heavy atom. The molecular formula is C74H130O6. The summed E-state index contributed by atoms with van der Waals surface area (Å²) in [6, 6.07) is 0. The van der Waals surface area contributed by atoms with Gasteiger partial charge in [-0.1, -0.05) is 318 Å². The largest absolute Gasteiger partial charge is 0.462 e. The minimum absolute atomic E-state index is 0.0740. The smallest absolute Gasteiger partial charge is 0.306 e. The Morgan fingerprint density at radius 1 is 0.263 bits per heavy atom. The first-order valence-corrected chi connectivity index (χ1v) is 34.6. The highest BCUT2D eigenvalue weighted by atomic mass is 16.6. The molecular weight excluding hydrogens is 985 g/mol. The van der Waals surface area contributed by atoms with Gasteiger partial charge in [0.1, 0.15) is 13.2 Å². The Kier molecular flexibility index (Phi) is 65.2. The lowest BCUT2D eigenvalue weighted by Gasteiger charge is -2.18. The van der Waals surface area contributed by atoms with E-state index in [-0.39, 0.29) is 31.1 Å². The topological polar surface area (TPSA) is 78.9 Å². The molecule has 0 radical (unpaired) electrons. The van der Waals surface area contributed by atoms with Crippen LogP contribution in [0.1, 0.15) is 348 Å². The van der Waals surface area contributed by atoms with Crippen LogP contribution in [0.25, 0.3) is 0 Å². The van der Waals surface area contributed by atoms with Crippen molar-refractivity contribution in [1.29, 1.82) is 0 Å². The van der Waals surface area contributed by atoms with Gasteiger partial charge in [-0.15, -0.1) is 0 Å². The fourth-order valence-electron chi connectivity index (χ4n) is 9.97. The molecule has 0 aliphatic rings. The lowest BCUT2D eigenvalue weighted by atomic mass is 10.0. The summed E-state index contributed by atoms with van der Waals surface area (Å²) in [7, 11) is 0. The summed E-state index contributed by atoms with van der Waals surface area (Å²) in [5.41, 5.74) is 0. The zero-order chi connectivity index (χ0) is 57.8. The van der Waals surface area contributed by atoms with Gasteiger partial charge in [0.15, 0.2) is 6.10 Å². The number of esters is 3. The lowest BCUT2D eigenvalue weighted by Crippen LogP contribution is -2.30. The first kappa shape index (κ1) is 76.6. The third kappa shape index (κ3) is 65.4. The zero-order valence-corrected chi connectivity index (χ0v) is 53.1.